The Balaban J connectivity index is 1.92. The first-order chi connectivity index (χ1) is 6.77. The molecule has 0 spiro atoms. The van der Waals surface area contributed by atoms with Crippen molar-refractivity contribution in [2.45, 2.75) is 30.9 Å². The molecule has 0 radical (unpaired) electrons. The van der Waals surface area contributed by atoms with E-state index in [1.807, 2.05) is 0 Å². The van der Waals surface area contributed by atoms with Gasteiger partial charge in [0.15, 0.2) is 5.78 Å². The van der Waals surface area contributed by atoms with E-state index in [9.17, 15) is 9.59 Å². The van der Waals surface area contributed by atoms with Gasteiger partial charge in [0.1, 0.15) is 0 Å². The highest BCUT2D eigenvalue weighted by Crippen LogP contribution is 2.28. The number of hydrogen-bond donors (Lipinski definition) is 0. The van der Waals surface area contributed by atoms with Crippen molar-refractivity contribution in [3.63, 3.8) is 0 Å². The number of ketones is 1. The first-order valence-electron chi connectivity index (χ1n) is 5.19. The highest BCUT2D eigenvalue weighted by atomic mass is 32.2. The maximum atomic E-state index is 11.9. The monoisotopic (exact) mass is 213 g/mol. The highest BCUT2D eigenvalue weighted by Gasteiger charge is 2.30. The fraction of sp³-hybridized carbons (Fsp3) is 0.800. The number of carbonyl (C=O) groups excluding carboxylic acids is 2. The van der Waals surface area contributed by atoms with Crippen LogP contribution in [0.25, 0.3) is 0 Å². The van der Waals surface area contributed by atoms with Crippen molar-refractivity contribution < 1.29 is 9.59 Å². The smallest absolute Gasteiger partial charge is 0.236 e. The maximum Gasteiger partial charge on any atom is 0.236 e. The Morgan fingerprint density at radius 3 is 2.93 bits per heavy atom. The molecule has 1 atom stereocenters. The third-order valence-corrected chi connectivity index (χ3v) is 4.13. The van der Waals surface area contributed by atoms with Crippen molar-refractivity contribution >= 4 is 23.5 Å². The highest BCUT2D eigenvalue weighted by molar-refractivity contribution is 8.00. The van der Waals surface area contributed by atoms with E-state index in [2.05, 4.69) is 0 Å². The topological polar surface area (TPSA) is 37.4 Å². The van der Waals surface area contributed by atoms with Gasteiger partial charge in [-0.2, -0.15) is 0 Å². The van der Waals surface area contributed by atoms with Gasteiger partial charge < -0.3 is 4.90 Å². The standard InChI is InChI=1S/C10H15NO2S/c12-8-3-1-5-11(7-8)10(13)9-4-2-6-14-9/h9H,1-7H2. The Bertz CT molecular complexity index is 249. The molecule has 0 bridgehead atoms. The third-order valence-electron chi connectivity index (χ3n) is 2.77. The Kier molecular flexibility index (Phi) is 3.11. The molecule has 1 unspecified atom stereocenters. The van der Waals surface area contributed by atoms with E-state index >= 15 is 0 Å². The molecular weight excluding hydrogens is 198 g/mol. The zero-order valence-corrected chi connectivity index (χ0v) is 9.02. The SMILES string of the molecule is O=C1CCCN(C(=O)C2CCCS2)C1. The minimum absolute atomic E-state index is 0.140. The molecule has 2 aliphatic rings. The molecule has 2 saturated heterocycles. The fourth-order valence-corrected chi connectivity index (χ4v) is 3.25. The molecule has 4 heteroatoms. The minimum Gasteiger partial charge on any atom is -0.334 e. The van der Waals surface area contributed by atoms with Crippen LogP contribution in [0.2, 0.25) is 0 Å². The summed E-state index contributed by atoms with van der Waals surface area (Å²) in [5.74, 6) is 1.51. The van der Waals surface area contributed by atoms with E-state index in [1.54, 1.807) is 16.7 Å². The Morgan fingerprint density at radius 2 is 2.29 bits per heavy atom. The molecule has 0 aromatic rings. The lowest BCUT2D eigenvalue weighted by molar-refractivity contribution is -0.137. The number of rotatable bonds is 1. The summed E-state index contributed by atoms with van der Waals surface area (Å²) in [6.07, 6.45) is 3.64. The second-order valence-corrected chi connectivity index (χ2v) is 5.21. The van der Waals surface area contributed by atoms with Crippen LogP contribution in [0, 0.1) is 0 Å². The lowest BCUT2D eigenvalue weighted by atomic mass is 10.1. The van der Waals surface area contributed by atoms with Gasteiger partial charge in [0.05, 0.1) is 11.8 Å². The molecule has 3 nitrogen and oxygen atoms in total. The molecule has 1 amide bonds. The number of thioether (sulfide) groups is 1. The maximum absolute atomic E-state index is 11.9. The normalized spacial score (nSPS) is 28.1. The van der Waals surface area contributed by atoms with Crippen LogP contribution in [-0.4, -0.2) is 40.7 Å². The summed E-state index contributed by atoms with van der Waals surface area (Å²) in [5, 5.41) is 0.140. The molecule has 14 heavy (non-hydrogen) atoms. The molecule has 2 heterocycles. The molecule has 2 fully saturated rings. The molecule has 0 saturated carbocycles. The molecule has 0 N–H and O–H groups in total. The Morgan fingerprint density at radius 1 is 1.43 bits per heavy atom. The van der Waals surface area contributed by atoms with E-state index in [1.165, 1.54) is 0 Å². The summed E-state index contributed by atoms with van der Waals surface area (Å²) in [6.45, 7) is 1.14. The van der Waals surface area contributed by atoms with Gasteiger partial charge in [0, 0.05) is 13.0 Å². The summed E-state index contributed by atoms with van der Waals surface area (Å²) in [7, 11) is 0. The van der Waals surface area contributed by atoms with Gasteiger partial charge in [-0.25, -0.2) is 0 Å². The molecule has 0 aliphatic carbocycles. The van der Waals surface area contributed by atoms with Crippen molar-refractivity contribution in [2.24, 2.45) is 0 Å². The summed E-state index contributed by atoms with van der Waals surface area (Å²) in [6, 6.07) is 0. The quantitative estimate of drug-likeness (QED) is 0.654. The fourth-order valence-electron chi connectivity index (χ4n) is 2.00. The summed E-state index contributed by atoms with van der Waals surface area (Å²) in [5.41, 5.74) is 0. The van der Waals surface area contributed by atoms with E-state index < -0.39 is 0 Å². The number of amides is 1. The predicted molar refractivity (Wildman–Crippen MR) is 56.3 cm³/mol. The zero-order valence-electron chi connectivity index (χ0n) is 8.20. The Hall–Kier alpha value is -0.510. The van der Waals surface area contributed by atoms with Gasteiger partial charge in [-0.3, -0.25) is 9.59 Å². The van der Waals surface area contributed by atoms with Gasteiger partial charge in [0.25, 0.3) is 0 Å². The second kappa shape index (κ2) is 4.34. The van der Waals surface area contributed by atoms with Crippen LogP contribution >= 0.6 is 11.8 Å². The Labute approximate surface area is 88.2 Å². The van der Waals surface area contributed by atoms with Gasteiger partial charge in [-0.15, -0.1) is 11.8 Å². The van der Waals surface area contributed by atoms with Crippen molar-refractivity contribution in [1.82, 2.24) is 4.90 Å². The summed E-state index contributed by atoms with van der Waals surface area (Å²) in [4.78, 5) is 24.8. The van der Waals surface area contributed by atoms with Crippen LogP contribution in [0.1, 0.15) is 25.7 Å². The molecule has 78 valence electrons. The molecule has 0 aromatic heterocycles. The van der Waals surface area contributed by atoms with Crippen molar-refractivity contribution in [2.75, 3.05) is 18.8 Å². The summed E-state index contributed by atoms with van der Waals surface area (Å²) >= 11 is 1.74. The van der Waals surface area contributed by atoms with Gasteiger partial charge in [0.2, 0.25) is 5.91 Å². The second-order valence-electron chi connectivity index (χ2n) is 3.90. The van der Waals surface area contributed by atoms with Crippen LogP contribution in [-0.2, 0) is 9.59 Å². The lowest BCUT2D eigenvalue weighted by Crippen LogP contribution is -2.43. The number of piperidine rings is 1. The molecule has 2 aliphatic heterocycles. The number of nitrogens with zero attached hydrogens (tertiary/aromatic N) is 1. The third kappa shape index (κ3) is 2.11. The van der Waals surface area contributed by atoms with E-state index in [4.69, 9.17) is 0 Å². The van der Waals surface area contributed by atoms with Crippen LogP contribution in [0.5, 0.6) is 0 Å². The molecule has 2 rings (SSSR count). The predicted octanol–water partition coefficient (Wildman–Crippen LogP) is 1.07. The molecular formula is C10H15NO2S. The molecule has 0 aromatic carbocycles. The minimum atomic E-state index is 0.140. The zero-order chi connectivity index (χ0) is 9.97. The largest absolute Gasteiger partial charge is 0.334 e. The average Bonchev–Trinajstić information content (AvgIpc) is 2.69. The number of Topliss-reactive ketones (excluding diaryl/α,β-unsaturated/α-hetero) is 1. The lowest BCUT2D eigenvalue weighted by Gasteiger charge is -2.27. The number of carbonyl (C=O) groups is 2. The van der Waals surface area contributed by atoms with Crippen LogP contribution < -0.4 is 0 Å². The van der Waals surface area contributed by atoms with Crippen LogP contribution in [0.15, 0.2) is 0 Å². The first kappa shape index (κ1) is 10.0. The van der Waals surface area contributed by atoms with Gasteiger partial charge in [-0.1, -0.05) is 0 Å². The van der Waals surface area contributed by atoms with Crippen molar-refractivity contribution in [3.8, 4) is 0 Å². The number of likely N-dealkylation sites (tertiary alicyclic amines) is 1. The first-order valence-corrected chi connectivity index (χ1v) is 6.24. The summed E-state index contributed by atoms with van der Waals surface area (Å²) < 4.78 is 0. The van der Waals surface area contributed by atoms with Gasteiger partial charge in [-0.05, 0) is 25.0 Å². The number of hydrogen-bond acceptors (Lipinski definition) is 3. The van der Waals surface area contributed by atoms with E-state index in [0.29, 0.717) is 13.0 Å². The van der Waals surface area contributed by atoms with Gasteiger partial charge >= 0.3 is 0 Å². The average molecular weight is 213 g/mol. The van der Waals surface area contributed by atoms with E-state index in [-0.39, 0.29) is 16.9 Å². The van der Waals surface area contributed by atoms with E-state index in [0.717, 1.165) is 31.6 Å². The van der Waals surface area contributed by atoms with Crippen LogP contribution in [0.4, 0.5) is 0 Å². The van der Waals surface area contributed by atoms with Crippen molar-refractivity contribution in [3.05, 3.63) is 0 Å². The van der Waals surface area contributed by atoms with Crippen LogP contribution in [0.3, 0.4) is 0 Å². The van der Waals surface area contributed by atoms with Crippen molar-refractivity contribution in [1.29, 1.82) is 0 Å².